The highest BCUT2D eigenvalue weighted by Crippen LogP contribution is 2.21. The van der Waals surface area contributed by atoms with Crippen LogP contribution < -0.4 is 0 Å². The molecule has 0 aliphatic heterocycles. The number of aryl methyl sites for hydroxylation is 2. The normalized spacial score (nSPS) is 10.5. The molecule has 0 saturated heterocycles. The van der Waals surface area contributed by atoms with Crippen molar-refractivity contribution in [2.75, 3.05) is 0 Å². The van der Waals surface area contributed by atoms with Gasteiger partial charge in [0.05, 0.1) is 5.69 Å². The van der Waals surface area contributed by atoms with Gasteiger partial charge in [-0.15, -0.1) is 0 Å². The van der Waals surface area contributed by atoms with E-state index in [9.17, 15) is 0 Å². The number of nitrogens with zero attached hydrogens (tertiary/aromatic N) is 3. The summed E-state index contributed by atoms with van der Waals surface area (Å²) >= 11 is 3.40. The van der Waals surface area contributed by atoms with Crippen molar-refractivity contribution in [3.8, 4) is 11.3 Å². The molecule has 1 aromatic carbocycles. The van der Waals surface area contributed by atoms with Crippen molar-refractivity contribution in [2.24, 2.45) is 7.05 Å². The first-order valence-electron chi connectivity index (χ1n) is 4.30. The smallest absolute Gasteiger partial charge is 0.115 e. The van der Waals surface area contributed by atoms with Crippen LogP contribution in [-0.2, 0) is 7.05 Å². The molecule has 0 spiro atoms. The number of hydrogen-bond donors (Lipinski definition) is 0. The third kappa shape index (κ3) is 1.70. The number of halogens is 1. The summed E-state index contributed by atoms with van der Waals surface area (Å²) in [6.07, 6.45) is 0. The fourth-order valence-corrected chi connectivity index (χ4v) is 1.64. The van der Waals surface area contributed by atoms with Crippen molar-refractivity contribution in [1.82, 2.24) is 15.0 Å². The average molecular weight is 252 g/mol. The molecule has 0 atom stereocenters. The molecular weight excluding hydrogens is 242 g/mol. The number of hydrogen-bond acceptors (Lipinski definition) is 2. The lowest BCUT2D eigenvalue weighted by atomic mass is 10.1. The first-order valence-corrected chi connectivity index (χ1v) is 5.10. The van der Waals surface area contributed by atoms with Gasteiger partial charge in [0.2, 0.25) is 0 Å². The van der Waals surface area contributed by atoms with Crippen LogP contribution in [0.15, 0.2) is 28.7 Å². The Morgan fingerprint density at radius 1 is 1.14 bits per heavy atom. The zero-order chi connectivity index (χ0) is 10.1. The maximum absolute atomic E-state index is 4.30. The minimum Gasteiger partial charge on any atom is -0.187 e. The van der Waals surface area contributed by atoms with Gasteiger partial charge in [0.1, 0.15) is 5.69 Å². The minimum absolute atomic E-state index is 0.944. The number of benzene rings is 1. The topological polar surface area (TPSA) is 30.7 Å². The van der Waals surface area contributed by atoms with Crippen molar-refractivity contribution >= 4 is 15.9 Å². The Morgan fingerprint density at radius 2 is 1.79 bits per heavy atom. The van der Waals surface area contributed by atoms with E-state index < -0.39 is 0 Å². The molecule has 4 heteroatoms. The lowest BCUT2D eigenvalue weighted by Crippen LogP contribution is -1.91. The molecular formula is C10H10BrN3. The second-order valence-electron chi connectivity index (χ2n) is 3.13. The van der Waals surface area contributed by atoms with Crippen LogP contribution in [0, 0.1) is 6.92 Å². The fraction of sp³-hybridized carbons (Fsp3) is 0.200. The molecule has 3 nitrogen and oxygen atoms in total. The van der Waals surface area contributed by atoms with Crippen LogP contribution in [0.25, 0.3) is 11.3 Å². The van der Waals surface area contributed by atoms with E-state index in [1.807, 2.05) is 38.2 Å². The molecule has 2 aromatic rings. The van der Waals surface area contributed by atoms with Gasteiger partial charge in [0, 0.05) is 17.1 Å². The van der Waals surface area contributed by atoms with E-state index in [2.05, 4.69) is 26.1 Å². The summed E-state index contributed by atoms with van der Waals surface area (Å²) in [5.74, 6) is 0. The summed E-state index contributed by atoms with van der Waals surface area (Å²) in [6, 6.07) is 8.06. The Kier molecular flexibility index (Phi) is 2.37. The standard InChI is InChI=1S/C10H10BrN3/c1-7-10(13-14(2)12-7)8-3-5-9(11)6-4-8/h3-6H,1-2H3. The second kappa shape index (κ2) is 3.53. The zero-order valence-corrected chi connectivity index (χ0v) is 9.62. The molecule has 0 saturated carbocycles. The lowest BCUT2D eigenvalue weighted by molar-refractivity contribution is 0.651. The van der Waals surface area contributed by atoms with Gasteiger partial charge in [-0.1, -0.05) is 28.1 Å². The van der Waals surface area contributed by atoms with E-state index in [1.54, 1.807) is 4.80 Å². The Balaban J connectivity index is 2.49. The van der Waals surface area contributed by atoms with Crippen LogP contribution in [-0.4, -0.2) is 15.0 Å². The van der Waals surface area contributed by atoms with Crippen LogP contribution >= 0.6 is 15.9 Å². The van der Waals surface area contributed by atoms with E-state index in [0.717, 1.165) is 21.4 Å². The van der Waals surface area contributed by atoms with Crippen LogP contribution in [0.5, 0.6) is 0 Å². The highest BCUT2D eigenvalue weighted by Gasteiger charge is 2.06. The van der Waals surface area contributed by atoms with Gasteiger partial charge in [-0.25, -0.2) is 0 Å². The van der Waals surface area contributed by atoms with Crippen molar-refractivity contribution in [1.29, 1.82) is 0 Å². The summed E-state index contributed by atoms with van der Waals surface area (Å²) in [7, 11) is 1.83. The van der Waals surface area contributed by atoms with Gasteiger partial charge in [0.15, 0.2) is 0 Å². The van der Waals surface area contributed by atoms with Crippen molar-refractivity contribution in [3.05, 3.63) is 34.4 Å². The fourth-order valence-electron chi connectivity index (χ4n) is 1.38. The van der Waals surface area contributed by atoms with E-state index in [-0.39, 0.29) is 0 Å². The van der Waals surface area contributed by atoms with Crippen LogP contribution in [0.3, 0.4) is 0 Å². The summed E-state index contributed by atoms with van der Waals surface area (Å²) in [4.78, 5) is 1.59. The van der Waals surface area contributed by atoms with Gasteiger partial charge in [0.25, 0.3) is 0 Å². The molecule has 0 bridgehead atoms. The van der Waals surface area contributed by atoms with E-state index in [4.69, 9.17) is 0 Å². The van der Waals surface area contributed by atoms with E-state index >= 15 is 0 Å². The lowest BCUT2D eigenvalue weighted by Gasteiger charge is -1.96. The van der Waals surface area contributed by atoms with Gasteiger partial charge in [-0.3, -0.25) is 0 Å². The molecule has 0 N–H and O–H groups in total. The number of aromatic nitrogens is 3. The second-order valence-corrected chi connectivity index (χ2v) is 4.05. The predicted octanol–water partition coefficient (Wildman–Crippen LogP) is 2.55. The van der Waals surface area contributed by atoms with Crippen LogP contribution in [0.2, 0.25) is 0 Å². The molecule has 0 radical (unpaired) electrons. The Labute approximate surface area is 90.9 Å². The zero-order valence-electron chi connectivity index (χ0n) is 8.03. The van der Waals surface area contributed by atoms with Crippen LogP contribution in [0.1, 0.15) is 5.69 Å². The molecule has 0 fully saturated rings. The summed E-state index contributed by atoms with van der Waals surface area (Å²) < 4.78 is 1.07. The summed E-state index contributed by atoms with van der Waals surface area (Å²) in [6.45, 7) is 1.96. The molecule has 14 heavy (non-hydrogen) atoms. The van der Waals surface area contributed by atoms with Gasteiger partial charge in [-0.2, -0.15) is 15.0 Å². The SMILES string of the molecule is Cc1nn(C)nc1-c1ccc(Br)cc1. The first-order chi connectivity index (χ1) is 6.66. The molecule has 1 aromatic heterocycles. The maximum Gasteiger partial charge on any atom is 0.115 e. The largest absolute Gasteiger partial charge is 0.187 e. The van der Waals surface area contributed by atoms with Crippen LogP contribution in [0.4, 0.5) is 0 Å². The van der Waals surface area contributed by atoms with Crippen molar-refractivity contribution in [3.63, 3.8) is 0 Å². The van der Waals surface area contributed by atoms with E-state index in [1.165, 1.54) is 0 Å². The van der Waals surface area contributed by atoms with Gasteiger partial charge >= 0.3 is 0 Å². The highest BCUT2D eigenvalue weighted by atomic mass is 79.9. The number of rotatable bonds is 1. The van der Waals surface area contributed by atoms with Gasteiger partial charge in [-0.05, 0) is 19.1 Å². The van der Waals surface area contributed by atoms with Crippen molar-refractivity contribution < 1.29 is 0 Å². The van der Waals surface area contributed by atoms with Crippen molar-refractivity contribution in [2.45, 2.75) is 6.92 Å². The van der Waals surface area contributed by atoms with E-state index in [0.29, 0.717) is 0 Å². The molecule has 1 heterocycles. The molecule has 0 amide bonds. The summed E-state index contributed by atoms with van der Waals surface area (Å²) in [5, 5.41) is 8.50. The third-order valence-electron chi connectivity index (χ3n) is 2.00. The Morgan fingerprint density at radius 3 is 2.29 bits per heavy atom. The maximum atomic E-state index is 4.30. The molecule has 0 unspecified atom stereocenters. The first kappa shape index (κ1) is 9.40. The molecule has 0 aliphatic carbocycles. The van der Waals surface area contributed by atoms with Gasteiger partial charge < -0.3 is 0 Å². The summed E-state index contributed by atoms with van der Waals surface area (Å²) in [5.41, 5.74) is 2.99. The minimum atomic E-state index is 0.944. The monoisotopic (exact) mass is 251 g/mol. The predicted molar refractivity (Wildman–Crippen MR) is 58.9 cm³/mol. The molecule has 0 aliphatic rings. The Bertz CT molecular complexity index is 445. The molecule has 72 valence electrons. The average Bonchev–Trinajstić information content (AvgIpc) is 2.47. The highest BCUT2D eigenvalue weighted by molar-refractivity contribution is 9.10. The quantitative estimate of drug-likeness (QED) is 0.780. The Hall–Kier alpha value is -1.16. The molecule has 2 rings (SSSR count). The third-order valence-corrected chi connectivity index (χ3v) is 2.53.